The van der Waals surface area contributed by atoms with Crippen LogP contribution in [0.25, 0.3) is 11.0 Å². The molecule has 0 radical (unpaired) electrons. The summed E-state index contributed by atoms with van der Waals surface area (Å²) in [7, 11) is -1.87. The zero-order chi connectivity index (χ0) is 29.7. The third-order valence-corrected chi connectivity index (χ3v) is 9.43. The number of carbonyl (C=O) groups is 1. The predicted octanol–water partition coefficient (Wildman–Crippen LogP) is 3.10. The number of hydrogen-bond donors (Lipinski definition) is 3. The Hall–Kier alpha value is -3.93. The zero-order valence-electron chi connectivity index (χ0n) is 23.9. The fourth-order valence-corrected chi connectivity index (χ4v) is 6.88. The number of sulfonamides is 1. The van der Waals surface area contributed by atoms with E-state index in [1.807, 2.05) is 66.1 Å². The standard InChI is InChI=1S/C31H37N5O5S/c1-3-35-21-33-30-27(35)17-24(18-28(30)36-13-8-14-42(36,39)40)31(38)34-26(16-22-9-5-4-6-10-22)29(37)20-32-19-23-11-7-12-25(15-23)41-2/h4-7,9-12,15,17-18,21,26,29,32,37H,3,8,13-14,16,19-20H2,1-2H3,(H,34,38)/t26-,29+/m0/s1. The maximum absolute atomic E-state index is 13.8. The lowest BCUT2D eigenvalue weighted by Gasteiger charge is -2.25. The predicted molar refractivity (Wildman–Crippen MR) is 163 cm³/mol. The van der Waals surface area contributed by atoms with Gasteiger partial charge in [-0.05, 0) is 55.2 Å². The van der Waals surface area contributed by atoms with E-state index < -0.39 is 28.1 Å². The van der Waals surface area contributed by atoms with Crippen molar-refractivity contribution in [3.63, 3.8) is 0 Å². The van der Waals surface area contributed by atoms with Crippen molar-refractivity contribution in [1.29, 1.82) is 0 Å². The molecule has 11 heteroatoms. The number of aryl methyl sites for hydroxylation is 1. The van der Waals surface area contributed by atoms with Crippen LogP contribution in [0.4, 0.5) is 5.69 Å². The van der Waals surface area contributed by atoms with Crippen LogP contribution in [0, 0.1) is 0 Å². The van der Waals surface area contributed by atoms with Crippen LogP contribution < -0.4 is 19.7 Å². The van der Waals surface area contributed by atoms with Crippen LogP contribution in [0.15, 0.2) is 73.1 Å². The monoisotopic (exact) mass is 591 g/mol. The Morgan fingerprint density at radius 3 is 2.60 bits per heavy atom. The number of rotatable bonds is 12. The first-order valence-electron chi connectivity index (χ1n) is 14.1. The molecule has 3 aromatic carbocycles. The molecule has 42 heavy (non-hydrogen) atoms. The minimum atomic E-state index is -3.49. The van der Waals surface area contributed by atoms with Crippen molar-refractivity contribution >= 4 is 32.7 Å². The second kappa shape index (κ2) is 12.9. The summed E-state index contributed by atoms with van der Waals surface area (Å²) in [4.78, 5) is 18.2. The molecule has 1 aliphatic heterocycles. The third kappa shape index (κ3) is 6.59. The molecule has 1 saturated heterocycles. The average Bonchev–Trinajstić information content (AvgIpc) is 3.58. The average molecular weight is 592 g/mol. The molecular weight excluding hydrogens is 554 g/mol. The van der Waals surface area contributed by atoms with Gasteiger partial charge >= 0.3 is 0 Å². The summed E-state index contributed by atoms with van der Waals surface area (Å²) < 4.78 is 34.2. The molecule has 2 heterocycles. The van der Waals surface area contributed by atoms with Crippen LogP contribution in [-0.2, 0) is 29.5 Å². The molecule has 0 unspecified atom stereocenters. The van der Waals surface area contributed by atoms with Crippen molar-refractivity contribution in [3.8, 4) is 5.75 Å². The number of fused-ring (bicyclic) bond motifs is 1. The fourth-order valence-electron chi connectivity index (χ4n) is 5.32. The van der Waals surface area contributed by atoms with E-state index in [-0.39, 0.29) is 12.3 Å². The van der Waals surface area contributed by atoms with Gasteiger partial charge < -0.3 is 25.0 Å². The van der Waals surface area contributed by atoms with Crippen molar-refractivity contribution in [2.24, 2.45) is 0 Å². The van der Waals surface area contributed by atoms with Crippen LogP contribution in [0.2, 0.25) is 0 Å². The van der Waals surface area contributed by atoms with Gasteiger partial charge in [-0.3, -0.25) is 9.10 Å². The molecule has 4 aromatic rings. The number of aromatic nitrogens is 2. The minimum absolute atomic E-state index is 0.0630. The Bertz CT molecular complexity index is 1640. The largest absolute Gasteiger partial charge is 0.497 e. The Morgan fingerprint density at radius 2 is 1.88 bits per heavy atom. The summed E-state index contributed by atoms with van der Waals surface area (Å²) >= 11 is 0. The van der Waals surface area contributed by atoms with Gasteiger partial charge in [-0.2, -0.15) is 0 Å². The summed E-state index contributed by atoms with van der Waals surface area (Å²) in [5.74, 6) is 0.422. The number of hydrogen-bond acceptors (Lipinski definition) is 7. The number of benzene rings is 3. The Labute approximate surface area is 246 Å². The fraction of sp³-hybridized carbons (Fsp3) is 0.355. The first kappa shape index (κ1) is 29.6. The van der Waals surface area contributed by atoms with Gasteiger partial charge in [0.2, 0.25) is 10.0 Å². The lowest BCUT2D eigenvalue weighted by molar-refractivity contribution is 0.0830. The maximum atomic E-state index is 13.8. The number of aliphatic hydroxyl groups excluding tert-OH is 1. The summed E-state index contributed by atoms with van der Waals surface area (Å²) in [6, 6.07) is 20.1. The van der Waals surface area contributed by atoms with Crippen LogP contribution in [-0.4, -0.2) is 67.1 Å². The van der Waals surface area contributed by atoms with Crippen LogP contribution in [0.5, 0.6) is 5.75 Å². The van der Waals surface area contributed by atoms with Crippen LogP contribution in [0.1, 0.15) is 34.8 Å². The lowest BCUT2D eigenvalue weighted by atomic mass is 10.00. The van der Waals surface area contributed by atoms with Crippen molar-refractivity contribution < 1.29 is 23.1 Å². The maximum Gasteiger partial charge on any atom is 0.251 e. The van der Waals surface area contributed by atoms with E-state index in [1.165, 1.54) is 4.31 Å². The highest BCUT2D eigenvalue weighted by Crippen LogP contribution is 2.32. The number of amides is 1. The molecule has 3 N–H and O–H groups in total. The number of nitrogens with one attached hydrogen (secondary N) is 2. The number of carbonyl (C=O) groups excluding carboxylic acids is 1. The van der Waals surface area contributed by atoms with E-state index in [0.717, 1.165) is 16.9 Å². The molecule has 0 aliphatic carbocycles. The van der Waals surface area contributed by atoms with Crippen molar-refractivity contribution in [2.75, 3.05) is 30.3 Å². The second-order valence-electron chi connectivity index (χ2n) is 10.5. The van der Waals surface area contributed by atoms with Gasteiger partial charge in [-0.15, -0.1) is 0 Å². The van der Waals surface area contributed by atoms with Crippen LogP contribution >= 0.6 is 0 Å². The molecule has 2 atom stereocenters. The molecule has 5 rings (SSSR count). The first-order chi connectivity index (χ1) is 20.3. The van der Waals surface area contributed by atoms with Gasteiger partial charge in [0.15, 0.2) is 0 Å². The number of aliphatic hydroxyl groups is 1. The van der Waals surface area contributed by atoms with E-state index in [1.54, 1.807) is 25.6 Å². The molecular formula is C31H37N5O5S. The van der Waals surface area contributed by atoms with Crippen molar-refractivity contribution in [3.05, 3.63) is 89.7 Å². The first-order valence-corrected chi connectivity index (χ1v) is 15.8. The number of anilines is 1. The smallest absolute Gasteiger partial charge is 0.251 e. The molecule has 0 saturated carbocycles. The molecule has 222 valence electrons. The highest BCUT2D eigenvalue weighted by Gasteiger charge is 2.32. The number of imidazole rings is 1. The third-order valence-electron chi connectivity index (χ3n) is 7.57. The summed E-state index contributed by atoms with van der Waals surface area (Å²) in [6.07, 6.45) is 1.69. The Balaban J connectivity index is 1.39. The SMILES string of the molecule is CCn1cnc2c(N3CCCS3(=O)=O)cc(C(=O)N[C@@H](Cc3ccccc3)[C@H](O)CNCc3cccc(OC)c3)cc21. The zero-order valence-corrected chi connectivity index (χ0v) is 24.7. The van der Waals surface area contributed by atoms with E-state index in [4.69, 9.17) is 4.74 Å². The molecule has 1 aromatic heterocycles. The van der Waals surface area contributed by atoms with Gasteiger partial charge in [-0.25, -0.2) is 13.4 Å². The molecule has 10 nitrogen and oxygen atoms in total. The van der Waals surface area contributed by atoms with Gasteiger partial charge in [-0.1, -0.05) is 42.5 Å². The molecule has 1 aliphatic rings. The van der Waals surface area contributed by atoms with Gasteiger partial charge in [0.1, 0.15) is 11.3 Å². The lowest BCUT2D eigenvalue weighted by Crippen LogP contribution is -2.48. The van der Waals surface area contributed by atoms with Gasteiger partial charge in [0, 0.05) is 31.7 Å². The molecule has 0 bridgehead atoms. The van der Waals surface area contributed by atoms with E-state index in [2.05, 4.69) is 15.6 Å². The van der Waals surface area contributed by atoms with Crippen molar-refractivity contribution in [2.45, 2.75) is 45.0 Å². The summed E-state index contributed by atoms with van der Waals surface area (Å²) in [5, 5.41) is 17.6. The number of nitrogens with zero attached hydrogens (tertiary/aromatic N) is 3. The van der Waals surface area contributed by atoms with Crippen molar-refractivity contribution in [1.82, 2.24) is 20.2 Å². The van der Waals surface area contributed by atoms with Gasteiger partial charge in [0.25, 0.3) is 5.91 Å². The number of methoxy groups -OCH3 is 1. The highest BCUT2D eigenvalue weighted by atomic mass is 32.2. The topological polar surface area (TPSA) is 126 Å². The molecule has 1 amide bonds. The Kier molecular flexibility index (Phi) is 9.10. The molecule has 1 fully saturated rings. The van der Waals surface area contributed by atoms with E-state index in [0.29, 0.717) is 54.8 Å². The van der Waals surface area contributed by atoms with Gasteiger partial charge in [0.05, 0.1) is 42.5 Å². The number of ether oxygens (including phenoxy) is 1. The normalized spacial score (nSPS) is 15.9. The van der Waals surface area contributed by atoms with E-state index in [9.17, 15) is 18.3 Å². The second-order valence-corrected chi connectivity index (χ2v) is 12.5. The summed E-state index contributed by atoms with van der Waals surface area (Å²) in [5.41, 5.74) is 3.92. The quantitative estimate of drug-likeness (QED) is 0.231. The van der Waals surface area contributed by atoms with E-state index >= 15 is 0 Å². The highest BCUT2D eigenvalue weighted by molar-refractivity contribution is 7.93. The molecule has 0 spiro atoms. The van der Waals surface area contributed by atoms with Crippen LogP contribution in [0.3, 0.4) is 0 Å². The Morgan fingerprint density at radius 1 is 1.10 bits per heavy atom. The summed E-state index contributed by atoms with van der Waals surface area (Å²) in [6.45, 7) is 3.68. The minimum Gasteiger partial charge on any atom is -0.497 e.